The van der Waals surface area contributed by atoms with Crippen LogP contribution in [0.15, 0.2) is 48.6 Å². The zero-order chi connectivity index (χ0) is 18.1. The van der Waals surface area contributed by atoms with Gasteiger partial charge in [0.15, 0.2) is 0 Å². The summed E-state index contributed by atoms with van der Waals surface area (Å²) < 4.78 is 5.92. The van der Waals surface area contributed by atoms with Crippen molar-refractivity contribution in [1.29, 1.82) is 0 Å². The molecule has 1 N–H and O–H groups in total. The summed E-state index contributed by atoms with van der Waals surface area (Å²) in [5, 5.41) is 5.15. The molecule has 0 saturated heterocycles. The standard InChI is InChI=1S/C22H23Cl2NO/c1-2-3-12-26-14-10-11-20-17(13-14)15-6-4-7-16(15)22(25-20)21-18(23)8-5-9-19(21)24/h4-6,8-11,13,15-16,22,25H,2-3,7,12H2,1H3. The average molecular weight is 388 g/mol. The molecule has 3 atom stereocenters. The Labute approximate surface area is 165 Å². The van der Waals surface area contributed by atoms with E-state index in [2.05, 4.69) is 36.5 Å². The number of unbranched alkanes of at least 4 members (excludes halogenated alkanes) is 1. The van der Waals surface area contributed by atoms with E-state index in [1.165, 1.54) is 5.56 Å². The minimum Gasteiger partial charge on any atom is -0.494 e. The van der Waals surface area contributed by atoms with Gasteiger partial charge in [-0.1, -0.05) is 54.8 Å². The summed E-state index contributed by atoms with van der Waals surface area (Å²) in [5.41, 5.74) is 3.45. The predicted molar refractivity (Wildman–Crippen MR) is 110 cm³/mol. The summed E-state index contributed by atoms with van der Waals surface area (Å²) in [4.78, 5) is 0. The van der Waals surface area contributed by atoms with Gasteiger partial charge in [-0.2, -0.15) is 0 Å². The van der Waals surface area contributed by atoms with Crippen LogP contribution >= 0.6 is 23.2 Å². The lowest BCUT2D eigenvalue weighted by Gasteiger charge is -2.38. The molecule has 2 aromatic carbocycles. The van der Waals surface area contributed by atoms with Crippen molar-refractivity contribution in [1.82, 2.24) is 0 Å². The Morgan fingerprint density at radius 1 is 1.15 bits per heavy atom. The van der Waals surface area contributed by atoms with Gasteiger partial charge in [0.05, 0.1) is 12.6 Å². The summed E-state index contributed by atoms with van der Waals surface area (Å²) in [6.45, 7) is 2.94. The van der Waals surface area contributed by atoms with Gasteiger partial charge in [0.25, 0.3) is 0 Å². The molecule has 136 valence electrons. The Hall–Kier alpha value is -1.64. The van der Waals surface area contributed by atoms with E-state index < -0.39 is 0 Å². The average Bonchev–Trinajstić information content (AvgIpc) is 3.12. The second-order valence-electron chi connectivity index (χ2n) is 7.06. The van der Waals surface area contributed by atoms with Crippen LogP contribution in [0.3, 0.4) is 0 Å². The van der Waals surface area contributed by atoms with Crippen LogP contribution in [-0.4, -0.2) is 6.61 Å². The molecule has 3 unspecified atom stereocenters. The van der Waals surface area contributed by atoms with Gasteiger partial charge in [-0.25, -0.2) is 0 Å². The number of fused-ring (bicyclic) bond motifs is 3. The smallest absolute Gasteiger partial charge is 0.119 e. The highest BCUT2D eigenvalue weighted by atomic mass is 35.5. The Morgan fingerprint density at radius 3 is 2.73 bits per heavy atom. The van der Waals surface area contributed by atoms with E-state index in [1.54, 1.807) is 0 Å². The summed E-state index contributed by atoms with van der Waals surface area (Å²) in [7, 11) is 0. The number of benzene rings is 2. The lowest BCUT2D eigenvalue weighted by Crippen LogP contribution is -2.29. The molecule has 4 heteroatoms. The Kier molecular flexibility index (Phi) is 5.15. The molecule has 2 nitrogen and oxygen atoms in total. The fraction of sp³-hybridized carbons (Fsp3) is 0.364. The maximum Gasteiger partial charge on any atom is 0.119 e. The number of ether oxygens (including phenoxy) is 1. The second kappa shape index (κ2) is 7.54. The van der Waals surface area contributed by atoms with Crippen LogP contribution in [0.25, 0.3) is 0 Å². The molecule has 2 aliphatic rings. The number of nitrogens with one attached hydrogen (secondary N) is 1. The third-order valence-corrected chi connectivity index (χ3v) is 6.07. The van der Waals surface area contributed by atoms with E-state index in [-0.39, 0.29) is 6.04 Å². The quantitative estimate of drug-likeness (QED) is 0.440. The lowest BCUT2D eigenvalue weighted by atomic mass is 9.77. The van der Waals surface area contributed by atoms with E-state index in [0.717, 1.165) is 52.9 Å². The molecule has 0 spiro atoms. The van der Waals surface area contributed by atoms with Crippen molar-refractivity contribution in [3.8, 4) is 5.75 Å². The van der Waals surface area contributed by atoms with E-state index in [0.29, 0.717) is 11.8 Å². The summed E-state index contributed by atoms with van der Waals surface area (Å²) in [6, 6.07) is 12.2. The van der Waals surface area contributed by atoms with E-state index >= 15 is 0 Å². The van der Waals surface area contributed by atoms with Crippen molar-refractivity contribution < 1.29 is 4.74 Å². The van der Waals surface area contributed by atoms with Gasteiger partial charge in [0, 0.05) is 27.2 Å². The molecular formula is C22H23Cl2NO. The Balaban J connectivity index is 1.68. The molecule has 26 heavy (non-hydrogen) atoms. The molecule has 0 fully saturated rings. The minimum absolute atomic E-state index is 0.107. The molecule has 0 radical (unpaired) electrons. The number of anilines is 1. The second-order valence-corrected chi connectivity index (χ2v) is 7.88. The molecule has 1 aliphatic heterocycles. The van der Waals surface area contributed by atoms with Gasteiger partial charge >= 0.3 is 0 Å². The number of hydrogen-bond acceptors (Lipinski definition) is 2. The monoisotopic (exact) mass is 387 g/mol. The molecule has 1 heterocycles. The van der Waals surface area contributed by atoms with Crippen molar-refractivity contribution in [3.05, 3.63) is 69.7 Å². The zero-order valence-electron chi connectivity index (χ0n) is 14.8. The topological polar surface area (TPSA) is 21.3 Å². The first-order chi connectivity index (χ1) is 12.7. The van der Waals surface area contributed by atoms with E-state index in [1.807, 2.05) is 24.3 Å². The van der Waals surface area contributed by atoms with Crippen LogP contribution in [0, 0.1) is 5.92 Å². The fourth-order valence-corrected chi connectivity index (χ4v) is 4.72. The number of allylic oxidation sites excluding steroid dienone is 2. The van der Waals surface area contributed by atoms with Gasteiger partial charge in [-0.05, 0) is 54.7 Å². The van der Waals surface area contributed by atoms with Crippen LogP contribution in [0.5, 0.6) is 5.75 Å². The lowest BCUT2D eigenvalue weighted by molar-refractivity contribution is 0.308. The van der Waals surface area contributed by atoms with E-state index in [4.69, 9.17) is 27.9 Å². The van der Waals surface area contributed by atoms with Crippen molar-refractivity contribution in [2.24, 2.45) is 5.92 Å². The van der Waals surface area contributed by atoms with E-state index in [9.17, 15) is 0 Å². The van der Waals surface area contributed by atoms with Gasteiger partial charge in [0.1, 0.15) is 5.75 Å². The summed E-state index contributed by atoms with van der Waals surface area (Å²) >= 11 is 13.0. The highest BCUT2D eigenvalue weighted by molar-refractivity contribution is 6.36. The van der Waals surface area contributed by atoms with Gasteiger partial charge in [-0.15, -0.1) is 0 Å². The molecule has 0 bridgehead atoms. The van der Waals surface area contributed by atoms with Gasteiger partial charge in [0.2, 0.25) is 0 Å². The first-order valence-corrected chi connectivity index (χ1v) is 10.1. The highest BCUT2D eigenvalue weighted by Gasteiger charge is 2.39. The van der Waals surface area contributed by atoms with Crippen molar-refractivity contribution in [3.63, 3.8) is 0 Å². The maximum atomic E-state index is 6.51. The first kappa shape index (κ1) is 17.8. The van der Waals surface area contributed by atoms with Crippen LogP contribution in [0.4, 0.5) is 5.69 Å². The number of hydrogen-bond donors (Lipinski definition) is 1. The zero-order valence-corrected chi connectivity index (χ0v) is 16.4. The molecule has 0 saturated carbocycles. The third kappa shape index (κ3) is 3.21. The summed E-state index contributed by atoms with van der Waals surface area (Å²) in [6.07, 6.45) is 7.82. The molecular weight excluding hydrogens is 365 g/mol. The van der Waals surface area contributed by atoms with Crippen LogP contribution < -0.4 is 10.1 Å². The third-order valence-electron chi connectivity index (χ3n) is 5.41. The SMILES string of the molecule is CCCCOc1ccc2c(c1)C1C=CCC1C(c1c(Cl)cccc1Cl)N2. The van der Waals surface area contributed by atoms with Crippen molar-refractivity contribution >= 4 is 28.9 Å². The molecule has 4 rings (SSSR count). The molecule has 0 amide bonds. The molecule has 1 aliphatic carbocycles. The maximum absolute atomic E-state index is 6.51. The van der Waals surface area contributed by atoms with Crippen molar-refractivity contribution in [2.45, 2.75) is 38.1 Å². The van der Waals surface area contributed by atoms with Crippen LogP contribution in [-0.2, 0) is 0 Å². The minimum atomic E-state index is 0.107. The number of rotatable bonds is 5. The van der Waals surface area contributed by atoms with Crippen molar-refractivity contribution in [2.75, 3.05) is 11.9 Å². The number of halogens is 2. The predicted octanol–water partition coefficient (Wildman–Crippen LogP) is 7.00. The highest BCUT2D eigenvalue weighted by Crippen LogP contribution is 2.52. The van der Waals surface area contributed by atoms with Crippen LogP contribution in [0.1, 0.15) is 49.3 Å². The first-order valence-electron chi connectivity index (χ1n) is 9.33. The van der Waals surface area contributed by atoms with Gasteiger partial charge in [-0.3, -0.25) is 0 Å². The Morgan fingerprint density at radius 2 is 1.96 bits per heavy atom. The molecule has 2 aromatic rings. The van der Waals surface area contributed by atoms with Crippen LogP contribution in [0.2, 0.25) is 10.0 Å². The summed E-state index contributed by atoms with van der Waals surface area (Å²) in [5.74, 6) is 1.72. The van der Waals surface area contributed by atoms with Gasteiger partial charge < -0.3 is 10.1 Å². The Bertz CT molecular complexity index is 813. The molecule has 0 aromatic heterocycles. The normalized spacial score (nSPS) is 23.3. The fourth-order valence-electron chi connectivity index (χ4n) is 4.09. The largest absolute Gasteiger partial charge is 0.494 e.